The summed E-state index contributed by atoms with van der Waals surface area (Å²) in [5.41, 5.74) is 0. The van der Waals surface area contributed by atoms with Gasteiger partial charge in [-0.1, -0.05) is 6.42 Å². The minimum absolute atomic E-state index is 0.273. The molecule has 0 spiro atoms. The Labute approximate surface area is 83.6 Å². The van der Waals surface area contributed by atoms with Crippen molar-refractivity contribution in [2.75, 3.05) is 0 Å². The lowest BCUT2D eigenvalue weighted by Gasteiger charge is -2.03. The molecule has 1 aromatic heterocycles. The standard InChI is InChI=1S/C10H15N2O2/c1-9-11-6-8-12(9)7-4-2-3-5-10(13)14/h8H,2-5,7H2,1H3,(H,13,14). The van der Waals surface area contributed by atoms with Crippen LogP contribution in [-0.2, 0) is 11.3 Å². The number of rotatable bonds is 6. The summed E-state index contributed by atoms with van der Waals surface area (Å²) < 4.78 is 2.03. The molecule has 0 aromatic carbocycles. The zero-order valence-corrected chi connectivity index (χ0v) is 8.36. The maximum atomic E-state index is 10.2. The first kappa shape index (κ1) is 10.8. The minimum Gasteiger partial charge on any atom is -0.481 e. The molecule has 0 fully saturated rings. The van der Waals surface area contributed by atoms with Crippen LogP contribution in [0.5, 0.6) is 0 Å². The van der Waals surface area contributed by atoms with Gasteiger partial charge in [-0.15, -0.1) is 0 Å². The first-order valence-corrected chi connectivity index (χ1v) is 4.82. The largest absolute Gasteiger partial charge is 0.481 e. The van der Waals surface area contributed by atoms with Crippen molar-refractivity contribution in [2.24, 2.45) is 0 Å². The summed E-state index contributed by atoms with van der Waals surface area (Å²) in [5, 5.41) is 8.42. The molecule has 0 aliphatic rings. The van der Waals surface area contributed by atoms with Crippen LogP contribution in [0.25, 0.3) is 0 Å². The third kappa shape index (κ3) is 3.60. The van der Waals surface area contributed by atoms with Crippen LogP contribution in [-0.4, -0.2) is 20.6 Å². The van der Waals surface area contributed by atoms with Crippen molar-refractivity contribution in [3.63, 3.8) is 0 Å². The molecule has 0 amide bonds. The molecule has 1 radical (unpaired) electrons. The molecule has 0 unspecified atom stereocenters. The van der Waals surface area contributed by atoms with E-state index in [1.54, 1.807) is 0 Å². The second-order valence-electron chi connectivity index (χ2n) is 3.32. The van der Waals surface area contributed by atoms with Gasteiger partial charge in [0, 0.05) is 19.2 Å². The molecule has 4 heteroatoms. The third-order valence-electron chi connectivity index (χ3n) is 2.15. The number of aliphatic carboxylic acids is 1. The Hall–Kier alpha value is -1.32. The van der Waals surface area contributed by atoms with E-state index in [1.165, 1.54) is 0 Å². The Balaban J connectivity index is 2.10. The summed E-state index contributed by atoms with van der Waals surface area (Å²) in [6.07, 6.45) is 7.58. The van der Waals surface area contributed by atoms with Gasteiger partial charge in [0.15, 0.2) is 0 Å². The smallest absolute Gasteiger partial charge is 0.303 e. The number of carboxylic acids is 1. The van der Waals surface area contributed by atoms with Gasteiger partial charge in [-0.3, -0.25) is 4.79 Å². The molecule has 0 atom stereocenters. The fourth-order valence-corrected chi connectivity index (χ4v) is 1.31. The highest BCUT2D eigenvalue weighted by atomic mass is 16.4. The van der Waals surface area contributed by atoms with Crippen molar-refractivity contribution >= 4 is 5.97 Å². The Morgan fingerprint density at radius 1 is 1.57 bits per heavy atom. The number of nitrogens with zero attached hydrogens (tertiary/aromatic N) is 2. The molecule has 14 heavy (non-hydrogen) atoms. The summed E-state index contributed by atoms with van der Waals surface area (Å²) in [6, 6.07) is 0. The molecule has 0 saturated heterocycles. The molecular weight excluding hydrogens is 180 g/mol. The number of unbranched alkanes of at least 4 members (excludes halogenated alkanes) is 2. The van der Waals surface area contributed by atoms with E-state index < -0.39 is 5.97 Å². The molecule has 0 aliphatic heterocycles. The second kappa shape index (κ2) is 5.42. The molecule has 1 N–H and O–H groups in total. The molecule has 77 valence electrons. The zero-order chi connectivity index (χ0) is 10.4. The van der Waals surface area contributed by atoms with Gasteiger partial charge in [0.25, 0.3) is 0 Å². The lowest BCUT2D eigenvalue weighted by Crippen LogP contribution is -2.00. The third-order valence-corrected chi connectivity index (χ3v) is 2.15. The molecule has 1 aromatic rings. The van der Waals surface area contributed by atoms with Crippen molar-refractivity contribution in [1.29, 1.82) is 0 Å². The van der Waals surface area contributed by atoms with E-state index in [0.29, 0.717) is 0 Å². The van der Waals surface area contributed by atoms with Crippen molar-refractivity contribution in [1.82, 2.24) is 9.55 Å². The summed E-state index contributed by atoms with van der Waals surface area (Å²) in [4.78, 5) is 14.2. The van der Waals surface area contributed by atoms with Crippen LogP contribution >= 0.6 is 0 Å². The van der Waals surface area contributed by atoms with E-state index in [1.807, 2.05) is 17.7 Å². The second-order valence-corrected chi connectivity index (χ2v) is 3.32. The minimum atomic E-state index is -0.711. The molecule has 0 bridgehead atoms. The van der Waals surface area contributed by atoms with Gasteiger partial charge in [0.05, 0.1) is 0 Å². The van der Waals surface area contributed by atoms with E-state index in [4.69, 9.17) is 5.11 Å². The quantitative estimate of drug-likeness (QED) is 0.702. The first-order valence-electron chi connectivity index (χ1n) is 4.82. The van der Waals surface area contributed by atoms with Crippen molar-refractivity contribution < 1.29 is 9.90 Å². The Kier molecular flexibility index (Phi) is 4.16. The fraction of sp³-hybridized carbons (Fsp3) is 0.600. The average Bonchev–Trinajstić information content (AvgIpc) is 2.51. The number of aromatic nitrogens is 2. The predicted octanol–water partition coefficient (Wildman–Crippen LogP) is 1.64. The SMILES string of the molecule is Cc1n[c]cn1CCCCCC(=O)O. The molecular formula is C10H15N2O2. The van der Waals surface area contributed by atoms with Gasteiger partial charge >= 0.3 is 5.97 Å². The summed E-state index contributed by atoms with van der Waals surface area (Å²) in [6.45, 7) is 2.84. The Bertz CT molecular complexity index is 294. The molecule has 0 saturated carbocycles. The van der Waals surface area contributed by atoms with Gasteiger partial charge in [-0.05, 0) is 19.8 Å². The van der Waals surface area contributed by atoms with Gasteiger partial charge in [0.2, 0.25) is 0 Å². The lowest BCUT2D eigenvalue weighted by atomic mass is 10.2. The van der Waals surface area contributed by atoms with Crippen LogP contribution in [0.1, 0.15) is 31.5 Å². The van der Waals surface area contributed by atoms with Crippen LogP contribution in [0.2, 0.25) is 0 Å². The van der Waals surface area contributed by atoms with Crippen LogP contribution in [0.15, 0.2) is 6.20 Å². The summed E-state index contributed by atoms with van der Waals surface area (Å²) >= 11 is 0. The number of imidazole rings is 1. The highest BCUT2D eigenvalue weighted by Crippen LogP contribution is 2.03. The monoisotopic (exact) mass is 195 g/mol. The summed E-state index contributed by atoms with van der Waals surface area (Å²) in [5.74, 6) is 0.250. The Morgan fingerprint density at radius 2 is 2.36 bits per heavy atom. The van der Waals surface area contributed by atoms with E-state index in [2.05, 4.69) is 11.2 Å². The summed E-state index contributed by atoms with van der Waals surface area (Å²) in [7, 11) is 0. The molecule has 0 aliphatic carbocycles. The highest BCUT2D eigenvalue weighted by molar-refractivity contribution is 5.66. The van der Waals surface area contributed by atoms with E-state index in [-0.39, 0.29) is 6.42 Å². The van der Waals surface area contributed by atoms with Gasteiger partial charge in [-0.2, -0.15) is 0 Å². The van der Waals surface area contributed by atoms with Crippen molar-refractivity contribution in [3.8, 4) is 0 Å². The predicted molar refractivity (Wildman–Crippen MR) is 51.9 cm³/mol. The molecule has 1 rings (SSSR count). The number of aryl methyl sites for hydroxylation is 2. The first-order chi connectivity index (χ1) is 6.70. The molecule has 4 nitrogen and oxygen atoms in total. The van der Waals surface area contributed by atoms with Crippen molar-refractivity contribution in [2.45, 2.75) is 39.2 Å². The van der Waals surface area contributed by atoms with Crippen LogP contribution in [0, 0.1) is 13.1 Å². The topological polar surface area (TPSA) is 55.1 Å². The molecule has 1 heterocycles. The van der Waals surface area contributed by atoms with Crippen molar-refractivity contribution in [3.05, 3.63) is 18.2 Å². The maximum absolute atomic E-state index is 10.2. The highest BCUT2D eigenvalue weighted by Gasteiger charge is 1.98. The zero-order valence-electron chi connectivity index (χ0n) is 8.36. The number of hydrogen-bond donors (Lipinski definition) is 1. The Morgan fingerprint density at radius 3 is 2.93 bits per heavy atom. The van der Waals surface area contributed by atoms with E-state index in [0.717, 1.165) is 31.6 Å². The average molecular weight is 195 g/mol. The number of carboxylic acid groups (broad SMARTS) is 1. The van der Waals surface area contributed by atoms with Crippen LogP contribution in [0.3, 0.4) is 0 Å². The van der Waals surface area contributed by atoms with Gasteiger partial charge in [-0.25, -0.2) is 4.98 Å². The van der Waals surface area contributed by atoms with E-state index in [9.17, 15) is 4.79 Å². The maximum Gasteiger partial charge on any atom is 0.303 e. The fourth-order valence-electron chi connectivity index (χ4n) is 1.31. The van der Waals surface area contributed by atoms with Crippen LogP contribution in [0.4, 0.5) is 0 Å². The number of hydrogen-bond acceptors (Lipinski definition) is 2. The van der Waals surface area contributed by atoms with Gasteiger partial charge in [0.1, 0.15) is 12.0 Å². The normalized spacial score (nSPS) is 10.4. The van der Waals surface area contributed by atoms with E-state index >= 15 is 0 Å². The lowest BCUT2D eigenvalue weighted by molar-refractivity contribution is -0.137. The number of carbonyl (C=O) groups is 1. The van der Waals surface area contributed by atoms with Gasteiger partial charge < -0.3 is 9.67 Å². The van der Waals surface area contributed by atoms with Crippen LogP contribution < -0.4 is 0 Å².